The second-order valence-corrected chi connectivity index (χ2v) is 4.20. The summed E-state index contributed by atoms with van der Waals surface area (Å²) in [7, 11) is 1.44. The first kappa shape index (κ1) is 14.4. The number of carboxylic acid groups (broad SMARTS) is 1. The maximum Gasteiger partial charge on any atom is 0.339 e. The fourth-order valence-electron chi connectivity index (χ4n) is 1.70. The smallest absolute Gasteiger partial charge is 0.339 e. The van der Waals surface area contributed by atoms with Crippen LogP contribution in [0.5, 0.6) is 17.2 Å². The molecular formula is C15H13NO5. The Labute approximate surface area is 120 Å². The van der Waals surface area contributed by atoms with Crippen LogP contribution in [0.3, 0.4) is 0 Å². The molecule has 108 valence electrons. The van der Waals surface area contributed by atoms with E-state index in [9.17, 15) is 15.0 Å². The van der Waals surface area contributed by atoms with Crippen LogP contribution in [-0.2, 0) is 0 Å². The molecule has 2 rings (SSSR count). The van der Waals surface area contributed by atoms with E-state index in [2.05, 4.69) is 4.99 Å². The van der Waals surface area contributed by atoms with Crippen LogP contribution in [-0.4, -0.2) is 34.6 Å². The van der Waals surface area contributed by atoms with Gasteiger partial charge >= 0.3 is 5.97 Å². The number of nitrogens with zero attached hydrogens (tertiary/aromatic N) is 1. The number of ether oxygens (including phenoxy) is 1. The van der Waals surface area contributed by atoms with Crippen molar-refractivity contribution in [3.05, 3.63) is 47.5 Å². The van der Waals surface area contributed by atoms with Crippen molar-refractivity contribution < 1.29 is 24.9 Å². The Hall–Kier alpha value is -3.02. The van der Waals surface area contributed by atoms with Crippen molar-refractivity contribution in [1.29, 1.82) is 0 Å². The van der Waals surface area contributed by atoms with Crippen LogP contribution in [0.25, 0.3) is 0 Å². The number of carbonyl (C=O) groups is 1. The van der Waals surface area contributed by atoms with Crippen LogP contribution in [0, 0.1) is 0 Å². The molecule has 0 saturated heterocycles. The zero-order valence-corrected chi connectivity index (χ0v) is 11.1. The quantitative estimate of drug-likeness (QED) is 0.750. The molecule has 0 saturated carbocycles. The summed E-state index contributed by atoms with van der Waals surface area (Å²) < 4.78 is 4.98. The molecule has 0 aliphatic carbocycles. The van der Waals surface area contributed by atoms with Gasteiger partial charge in [-0.2, -0.15) is 0 Å². The molecule has 0 heterocycles. The first-order valence-corrected chi connectivity index (χ1v) is 5.98. The molecule has 0 fully saturated rings. The van der Waals surface area contributed by atoms with E-state index in [1.54, 1.807) is 12.1 Å². The third kappa shape index (κ3) is 3.30. The fourth-order valence-corrected chi connectivity index (χ4v) is 1.70. The molecule has 21 heavy (non-hydrogen) atoms. The van der Waals surface area contributed by atoms with Gasteiger partial charge in [-0.15, -0.1) is 0 Å². The molecule has 0 unspecified atom stereocenters. The van der Waals surface area contributed by atoms with E-state index in [-0.39, 0.29) is 17.1 Å². The molecule has 0 radical (unpaired) electrons. The summed E-state index contributed by atoms with van der Waals surface area (Å²) in [6, 6.07) is 8.74. The molecular weight excluding hydrogens is 274 g/mol. The molecule has 0 amide bonds. The summed E-state index contributed by atoms with van der Waals surface area (Å²) in [6.07, 6.45) is 1.50. The van der Waals surface area contributed by atoms with Gasteiger partial charge in [-0.05, 0) is 42.0 Å². The summed E-state index contributed by atoms with van der Waals surface area (Å²) in [4.78, 5) is 15.0. The van der Waals surface area contributed by atoms with Crippen LogP contribution < -0.4 is 4.74 Å². The van der Waals surface area contributed by atoms with E-state index in [0.717, 1.165) is 0 Å². The Balaban J connectivity index is 2.29. The summed E-state index contributed by atoms with van der Waals surface area (Å²) in [5.41, 5.74) is 0.847. The van der Waals surface area contributed by atoms with E-state index >= 15 is 0 Å². The monoisotopic (exact) mass is 287 g/mol. The molecule has 0 aromatic heterocycles. The molecule has 0 spiro atoms. The number of aromatic carboxylic acids is 1. The number of rotatable bonds is 4. The van der Waals surface area contributed by atoms with E-state index < -0.39 is 5.97 Å². The Kier molecular flexibility index (Phi) is 4.08. The molecule has 0 bridgehead atoms. The average Bonchev–Trinajstić information content (AvgIpc) is 2.47. The molecule has 0 aliphatic rings. The average molecular weight is 287 g/mol. The molecule has 0 atom stereocenters. The van der Waals surface area contributed by atoms with Crippen molar-refractivity contribution in [2.24, 2.45) is 4.99 Å². The van der Waals surface area contributed by atoms with Crippen molar-refractivity contribution >= 4 is 17.9 Å². The van der Waals surface area contributed by atoms with Crippen LogP contribution >= 0.6 is 0 Å². The Morgan fingerprint density at radius 1 is 1.14 bits per heavy atom. The number of benzene rings is 2. The van der Waals surface area contributed by atoms with Crippen molar-refractivity contribution in [2.45, 2.75) is 0 Å². The molecule has 3 N–H and O–H groups in total. The van der Waals surface area contributed by atoms with Gasteiger partial charge in [0.2, 0.25) is 0 Å². The van der Waals surface area contributed by atoms with Crippen molar-refractivity contribution in [3.63, 3.8) is 0 Å². The van der Waals surface area contributed by atoms with E-state index in [1.165, 1.54) is 37.6 Å². The van der Waals surface area contributed by atoms with Gasteiger partial charge in [-0.25, -0.2) is 4.79 Å². The van der Waals surface area contributed by atoms with Gasteiger partial charge in [0.15, 0.2) is 11.5 Å². The number of phenols is 2. The number of carboxylic acids is 1. The minimum absolute atomic E-state index is 0.0208. The second-order valence-electron chi connectivity index (χ2n) is 4.20. The van der Waals surface area contributed by atoms with Crippen molar-refractivity contribution in [1.82, 2.24) is 0 Å². The van der Waals surface area contributed by atoms with E-state index in [1.807, 2.05) is 0 Å². The highest BCUT2D eigenvalue weighted by Crippen LogP contribution is 2.26. The van der Waals surface area contributed by atoms with Crippen LogP contribution in [0.2, 0.25) is 0 Å². The Bertz CT molecular complexity index is 709. The maximum atomic E-state index is 10.9. The third-order valence-corrected chi connectivity index (χ3v) is 2.78. The molecule has 6 nitrogen and oxygen atoms in total. The highest BCUT2D eigenvalue weighted by molar-refractivity contribution is 5.92. The van der Waals surface area contributed by atoms with Gasteiger partial charge < -0.3 is 20.1 Å². The van der Waals surface area contributed by atoms with Gasteiger partial charge in [0, 0.05) is 6.21 Å². The summed E-state index contributed by atoms with van der Waals surface area (Å²) in [5.74, 6) is -1.20. The van der Waals surface area contributed by atoms with Gasteiger partial charge in [-0.3, -0.25) is 4.99 Å². The predicted molar refractivity (Wildman–Crippen MR) is 77.0 cm³/mol. The van der Waals surface area contributed by atoms with Crippen LogP contribution in [0.1, 0.15) is 15.9 Å². The SMILES string of the molecule is COc1cc(C=Nc2ccc(O)c(C(=O)O)c2)ccc1O. The largest absolute Gasteiger partial charge is 0.507 e. The van der Waals surface area contributed by atoms with Crippen molar-refractivity contribution in [2.75, 3.05) is 7.11 Å². The lowest BCUT2D eigenvalue weighted by Crippen LogP contribution is -1.95. The Morgan fingerprint density at radius 3 is 2.52 bits per heavy atom. The molecule has 2 aromatic carbocycles. The number of aliphatic imine (C=N–C) groups is 1. The molecule has 0 aliphatic heterocycles. The predicted octanol–water partition coefficient (Wildman–Crippen LogP) is 2.56. The number of aromatic hydroxyl groups is 2. The molecule has 6 heteroatoms. The minimum atomic E-state index is -1.23. The summed E-state index contributed by atoms with van der Waals surface area (Å²) in [5, 5.41) is 27.8. The summed E-state index contributed by atoms with van der Waals surface area (Å²) >= 11 is 0. The topological polar surface area (TPSA) is 99.4 Å². The zero-order chi connectivity index (χ0) is 15.4. The Morgan fingerprint density at radius 2 is 1.86 bits per heavy atom. The lowest BCUT2D eigenvalue weighted by atomic mass is 10.2. The lowest BCUT2D eigenvalue weighted by Gasteiger charge is -2.03. The first-order chi connectivity index (χ1) is 10.0. The first-order valence-electron chi connectivity index (χ1n) is 5.98. The van der Waals surface area contributed by atoms with Gasteiger partial charge in [0.1, 0.15) is 11.3 Å². The minimum Gasteiger partial charge on any atom is -0.507 e. The number of phenolic OH excluding ortho intramolecular Hbond substituents is 1. The standard InChI is InChI=1S/C15H13NO5/c1-21-14-6-9(2-4-13(14)18)8-16-10-3-5-12(17)11(7-10)15(19)20/h2-8,17-18H,1H3,(H,19,20). The van der Waals surface area contributed by atoms with E-state index in [0.29, 0.717) is 17.0 Å². The van der Waals surface area contributed by atoms with E-state index in [4.69, 9.17) is 9.84 Å². The molecule has 2 aromatic rings. The normalized spacial score (nSPS) is 10.7. The van der Waals surface area contributed by atoms with Gasteiger partial charge in [-0.1, -0.05) is 0 Å². The second kappa shape index (κ2) is 5.96. The third-order valence-electron chi connectivity index (χ3n) is 2.78. The maximum absolute atomic E-state index is 10.9. The van der Waals surface area contributed by atoms with Crippen molar-refractivity contribution in [3.8, 4) is 17.2 Å². The number of hydrogen-bond donors (Lipinski definition) is 3. The zero-order valence-electron chi connectivity index (χ0n) is 11.1. The highest BCUT2D eigenvalue weighted by atomic mass is 16.5. The van der Waals surface area contributed by atoms with Crippen LogP contribution in [0.15, 0.2) is 41.4 Å². The van der Waals surface area contributed by atoms with Gasteiger partial charge in [0.25, 0.3) is 0 Å². The summed E-state index contributed by atoms with van der Waals surface area (Å²) in [6.45, 7) is 0. The number of methoxy groups -OCH3 is 1. The fraction of sp³-hybridized carbons (Fsp3) is 0.0667. The number of hydrogen-bond acceptors (Lipinski definition) is 5. The lowest BCUT2D eigenvalue weighted by molar-refractivity contribution is 0.0694. The highest BCUT2D eigenvalue weighted by Gasteiger charge is 2.09. The van der Waals surface area contributed by atoms with Crippen LogP contribution in [0.4, 0.5) is 5.69 Å². The van der Waals surface area contributed by atoms with Gasteiger partial charge in [0.05, 0.1) is 12.8 Å².